The molecular formula is C54H88BrF2N7O6S2Si2. The number of pyridine rings is 2. The van der Waals surface area contributed by atoms with Crippen LogP contribution in [0.1, 0.15) is 175 Å². The van der Waals surface area contributed by atoms with Gasteiger partial charge >= 0.3 is 11.9 Å². The van der Waals surface area contributed by atoms with Crippen molar-refractivity contribution in [2.45, 2.75) is 242 Å². The second-order valence-corrected chi connectivity index (χ2v) is 41.4. The van der Waals surface area contributed by atoms with Crippen LogP contribution in [0.15, 0.2) is 35.4 Å². The highest BCUT2D eigenvalue weighted by Crippen LogP contribution is 2.50. The number of ether oxygens (including phenoxy) is 2. The normalized spacial score (nSPS) is 27.6. The average Bonchev–Trinajstić information content (AvgIpc) is 3.30. The van der Waals surface area contributed by atoms with Crippen LogP contribution < -0.4 is 16.1 Å². The molecule has 74 heavy (non-hydrogen) atoms. The van der Waals surface area contributed by atoms with Gasteiger partial charge in [0, 0.05) is 24.5 Å². The molecule has 0 aromatic carbocycles. The molecule has 0 spiro atoms. The van der Waals surface area contributed by atoms with Gasteiger partial charge in [0.25, 0.3) is 0 Å². The third-order valence-electron chi connectivity index (χ3n) is 17.0. The van der Waals surface area contributed by atoms with Crippen LogP contribution in [0.2, 0.25) is 36.3 Å². The van der Waals surface area contributed by atoms with Crippen LogP contribution in [0.3, 0.4) is 0 Å². The van der Waals surface area contributed by atoms with Crippen molar-refractivity contribution in [1.29, 1.82) is 0 Å². The van der Waals surface area contributed by atoms with Crippen molar-refractivity contribution in [2.24, 2.45) is 18.7 Å². The van der Waals surface area contributed by atoms with Crippen molar-refractivity contribution in [3.63, 3.8) is 0 Å². The topological polar surface area (TPSA) is 188 Å². The lowest BCUT2D eigenvalue weighted by atomic mass is 9.87. The number of nitrogens with zero attached hydrogens (tertiary/aromatic N) is 6. The number of esters is 2. The average molecular weight is 1170 g/mol. The summed E-state index contributed by atoms with van der Waals surface area (Å²) < 4.78 is 82.1. The van der Waals surface area contributed by atoms with Gasteiger partial charge < -0.3 is 15.2 Å². The van der Waals surface area contributed by atoms with Gasteiger partial charge in [-0.2, -0.15) is 0 Å². The van der Waals surface area contributed by atoms with Gasteiger partial charge in [-0.05, 0) is 147 Å². The molecule has 2 aromatic heterocycles. The predicted octanol–water partition coefficient (Wildman–Crippen LogP) is 11.8. The number of aromatic nitrogens is 2. The van der Waals surface area contributed by atoms with Crippen molar-refractivity contribution in [1.82, 2.24) is 9.97 Å². The standard InChI is InChI=1S/C27H43BrFN3O3SSi.C27H45FN4O3SSi/c1-10-37(11-2,12-3)18-16-21(28)31-24(23(18)29)27(9)20-14-13-15-30-36(20,34)26(7,8)19(32-27)17-22(33)35-25(4,5)6;1-10-37(11-2,12-3)18-16-21(29)31-24(23(18)28)27(9)20-14-13-15-30-36(20,34)26(7,8)19(32-27)17-22(33)35-25(4,5)6/h16,20H,10-15,17H2,1-9H3;16,20H,10-15,17H2,1-9H3,(H2,29,31)/t2*20-,27-,36-/m00/s1. The number of halogens is 3. The Morgan fingerprint density at radius 2 is 0.986 bits per heavy atom. The molecule has 6 heterocycles. The molecule has 20 heteroatoms. The molecule has 0 fully saturated rings. The summed E-state index contributed by atoms with van der Waals surface area (Å²) in [6, 6.07) is 8.93. The van der Waals surface area contributed by atoms with E-state index >= 15 is 8.78 Å². The van der Waals surface area contributed by atoms with Gasteiger partial charge in [-0.25, -0.2) is 35.9 Å². The Morgan fingerprint density at radius 3 is 1.32 bits per heavy atom. The minimum absolute atomic E-state index is 0.126. The number of carbonyl (C=O) groups is 2. The summed E-state index contributed by atoms with van der Waals surface area (Å²) in [5.74, 6) is -1.39. The van der Waals surface area contributed by atoms with Gasteiger partial charge in [0.05, 0.1) is 68.4 Å². The zero-order valence-corrected chi connectivity index (χ0v) is 53.1. The maximum Gasteiger partial charge on any atom is 0.312 e. The third-order valence-corrected chi connectivity index (χ3v) is 36.0. The lowest BCUT2D eigenvalue weighted by molar-refractivity contribution is -0.154. The second-order valence-electron chi connectivity index (χ2n) is 24.2. The van der Waals surface area contributed by atoms with E-state index in [1.165, 1.54) is 0 Å². The highest BCUT2D eigenvalue weighted by atomic mass is 79.9. The van der Waals surface area contributed by atoms with Gasteiger partial charge in [0.2, 0.25) is 0 Å². The van der Waals surface area contributed by atoms with Gasteiger partial charge in [-0.1, -0.05) is 77.8 Å². The SMILES string of the molecule is CC[Si](CC)(CC)c1cc(Br)nc([C@@]2(C)N=C(CC(=O)OC(C)(C)C)C(C)(C)[S@]3(=O)=NCCC[C@@H]23)c1F.CC[Si](CC)(CC)c1cc(N)nc([C@@]2(C)N=C(CC(=O)OC(C)(C)C)C(C)(C)[S@]3(=O)=NCCC[C@@H]23)c1F. The summed E-state index contributed by atoms with van der Waals surface area (Å²) in [5, 5.41) is 0.336. The van der Waals surface area contributed by atoms with E-state index in [4.69, 9.17) is 29.6 Å². The molecule has 0 saturated heterocycles. The number of hydrogen-bond acceptors (Lipinski definition) is 13. The first-order valence-corrected chi connectivity index (χ1v) is 36.1. The molecule has 0 saturated carbocycles. The molecule has 0 unspecified atom stereocenters. The summed E-state index contributed by atoms with van der Waals surface area (Å²) in [7, 11) is -10.2. The van der Waals surface area contributed by atoms with E-state index in [-0.39, 0.29) is 41.7 Å². The lowest BCUT2D eigenvalue weighted by Crippen LogP contribution is -2.59. The van der Waals surface area contributed by atoms with Crippen molar-refractivity contribution in [3.05, 3.63) is 39.8 Å². The fraction of sp³-hybridized carbons (Fsp3) is 0.741. The van der Waals surface area contributed by atoms with Crippen molar-refractivity contribution in [2.75, 3.05) is 18.8 Å². The Labute approximate surface area is 453 Å². The molecule has 2 aromatic rings. The van der Waals surface area contributed by atoms with E-state index in [9.17, 15) is 18.0 Å². The molecule has 4 aliphatic heterocycles. The highest BCUT2D eigenvalue weighted by Gasteiger charge is 2.59. The van der Waals surface area contributed by atoms with E-state index in [0.29, 0.717) is 47.1 Å². The summed E-state index contributed by atoms with van der Waals surface area (Å²) in [4.78, 5) is 45.2. The van der Waals surface area contributed by atoms with Gasteiger partial charge in [-0.3, -0.25) is 19.6 Å². The first kappa shape index (κ1) is 61.9. The number of nitrogens with two attached hydrogens (primary N) is 1. The first-order valence-electron chi connectivity index (χ1n) is 26.9. The van der Waals surface area contributed by atoms with Gasteiger partial charge in [0.1, 0.15) is 55.7 Å². The van der Waals surface area contributed by atoms with Crippen LogP contribution in [0.4, 0.5) is 14.6 Å². The van der Waals surface area contributed by atoms with Crippen LogP contribution in [0.25, 0.3) is 0 Å². The van der Waals surface area contributed by atoms with Crippen LogP contribution in [-0.4, -0.2) is 102 Å². The maximum atomic E-state index is 16.7. The van der Waals surface area contributed by atoms with E-state index in [1.54, 1.807) is 33.8 Å². The van der Waals surface area contributed by atoms with Crippen LogP contribution in [0, 0.1) is 11.6 Å². The number of aliphatic imine (C=N–C) groups is 2. The number of fused-ring (bicyclic) bond motifs is 2. The smallest absolute Gasteiger partial charge is 0.312 e. The highest BCUT2D eigenvalue weighted by molar-refractivity contribution is 9.10. The number of anilines is 1. The van der Waals surface area contributed by atoms with E-state index in [2.05, 4.69) is 71.8 Å². The predicted molar refractivity (Wildman–Crippen MR) is 310 cm³/mol. The Balaban J connectivity index is 0.000000274. The largest absolute Gasteiger partial charge is 0.460 e. The molecule has 2 N–H and O–H groups in total. The maximum absolute atomic E-state index is 16.7. The van der Waals surface area contributed by atoms with E-state index in [1.807, 2.05) is 61.5 Å². The number of rotatable bonds is 14. The van der Waals surface area contributed by atoms with E-state index < -0.39 is 89.8 Å². The zero-order valence-electron chi connectivity index (χ0n) is 47.9. The summed E-state index contributed by atoms with van der Waals surface area (Å²) >= 11 is 3.56. The lowest BCUT2D eigenvalue weighted by Gasteiger charge is -2.49. The molecule has 0 bridgehead atoms. The van der Waals surface area contributed by atoms with Crippen molar-refractivity contribution >= 4 is 91.1 Å². The molecule has 416 valence electrons. The second kappa shape index (κ2) is 22.1. The van der Waals surface area contributed by atoms with Crippen LogP contribution in [-0.2, 0) is 49.6 Å². The number of hydrogen-bond donors (Lipinski definition) is 1. The Kier molecular flexibility index (Phi) is 18.5. The zero-order chi connectivity index (χ0) is 56.1. The monoisotopic (exact) mass is 1170 g/mol. The quantitative estimate of drug-likeness (QED) is 0.109. The summed E-state index contributed by atoms with van der Waals surface area (Å²) in [6.07, 6.45) is 2.40. The molecule has 6 rings (SSSR count). The molecule has 4 aliphatic rings. The van der Waals surface area contributed by atoms with Gasteiger partial charge in [-0.15, -0.1) is 0 Å². The summed E-state index contributed by atoms with van der Waals surface area (Å²) in [6.45, 7) is 35.5. The van der Waals surface area contributed by atoms with Crippen LogP contribution >= 0.6 is 15.9 Å². The van der Waals surface area contributed by atoms with Crippen LogP contribution in [0.5, 0.6) is 0 Å². The molecule has 6 atom stereocenters. The molecule has 0 amide bonds. The Bertz CT molecular complexity index is 2600. The van der Waals surface area contributed by atoms with E-state index in [0.717, 1.165) is 54.3 Å². The minimum atomic E-state index is -2.95. The van der Waals surface area contributed by atoms with Crippen molar-refractivity contribution < 1.29 is 36.3 Å². The number of nitrogen functional groups attached to an aromatic ring is 1. The molecule has 13 nitrogen and oxygen atoms in total. The van der Waals surface area contributed by atoms with Gasteiger partial charge in [0.15, 0.2) is 0 Å². The fourth-order valence-corrected chi connectivity index (χ4v) is 26.7. The Morgan fingerprint density at radius 1 is 0.649 bits per heavy atom. The fourth-order valence-electron chi connectivity index (χ4n) is 12.1. The van der Waals surface area contributed by atoms with Crippen molar-refractivity contribution in [3.8, 4) is 0 Å². The molecule has 0 aliphatic carbocycles. The number of carbonyl (C=O) groups excluding carboxylic acids is 2. The third kappa shape index (κ3) is 11.2. The first-order chi connectivity index (χ1) is 34.0. The summed E-state index contributed by atoms with van der Waals surface area (Å²) in [5.41, 5.74) is 3.64. The minimum Gasteiger partial charge on any atom is -0.460 e. The molecular weight excluding hydrogens is 1080 g/mol. The molecule has 0 radical (unpaired) electrons. The Hall–Kier alpha value is -2.95.